The van der Waals surface area contributed by atoms with Crippen LogP contribution in [0.2, 0.25) is 0 Å². The normalized spacial score (nSPS) is 20.1. The first-order valence-electron chi connectivity index (χ1n) is 7.71. The van der Waals surface area contributed by atoms with Gasteiger partial charge in [0.1, 0.15) is 6.10 Å². The van der Waals surface area contributed by atoms with Crippen LogP contribution in [-0.4, -0.2) is 36.8 Å². The zero-order valence-electron chi connectivity index (χ0n) is 13.2. The maximum Gasteiger partial charge on any atom is 0.170 e. The van der Waals surface area contributed by atoms with E-state index < -0.39 is 17.5 Å². The Balaban J connectivity index is 2.41. The fraction of sp³-hybridized carbons (Fsp3) is 0.647. The van der Waals surface area contributed by atoms with Crippen molar-refractivity contribution in [3.63, 3.8) is 0 Å². The maximum absolute atomic E-state index is 14.5. The van der Waals surface area contributed by atoms with Crippen LogP contribution in [0.15, 0.2) is 18.2 Å². The summed E-state index contributed by atoms with van der Waals surface area (Å²) in [5.74, 6) is -0.257. The minimum Gasteiger partial charge on any atom is -0.494 e. The number of rotatable bonds is 4. The molecule has 1 aliphatic carbocycles. The van der Waals surface area contributed by atoms with Crippen molar-refractivity contribution in [2.75, 3.05) is 21.2 Å². The van der Waals surface area contributed by atoms with E-state index in [9.17, 15) is 9.50 Å². The lowest BCUT2D eigenvalue weighted by Gasteiger charge is -2.43. The van der Waals surface area contributed by atoms with Crippen molar-refractivity contribution in [1.29, 1.82) is 0 Å². The average molecular weight is 295 g/mol. The first-order chi connectivity index (χ1) is 10.0. The van der Waals surface area contributed by atoms with Crippen LogP contribution in [0.3, 0.4) is 0 Å². The minimum atomic E-state index is -0.847. The Hall–Kier alpha value is -1.13. The van der Waals surface area contributed by atoms with Crippen molar-refractivity contribution in [3.05, 3.63) is 29.6 Å². The molecule has 0 saturated heterocycles. The van der Waals surface area contributed by atoms with Gasteiger partial charge in [-0.25, -0.2) is 4.39 Å². The molecule has 1 atom stereocenters. The van der Waals surface area contributed by atoms with Crippen LogP contribution in [0.4, 0.5) is 4.39 Å². The van der Waals surface area contributed by atoms with Crippen molar-refractivity contribution in [1.82, 2.24) is 4.90 Å². The molecule has 21 heavy (non-hydrogen) atoms. The predicted octanol–water partition coefficient (Wildman–Crippen LogP) is 3.52. The van der Waals surface area contributed by atoms with Gasteiger partial charge in [-0.15, -0.1) is 0 Å². The van der Waals surface area contributed by atoms with Gasteiger partial charge in [-0.1, -0.05) is 37.8 Å². The van der Waals surface area contributed by atoms with Gasteiger partial charge in [-0.3, -0.25) is 0 Å². The summed E-state index contributed by atoms with van der Waals surface area (Å²) in [7, 11) is 5.40. The fourth-order valence-electron chi connectivity index (χ4n) is 3.49. The lowest BCUT2D eigenvalue weighted by molar-refractivity contribution is -0.0218. The number of halogens is 1. The minimum absolute atomic E-state index is 0.189. The van der Waals surface area contributed by atoms with Gasteiger partial charge in [0, 0.05) is 5.56 Å². The van der Waals surface area contributed by atoms with Crippen LogP contribution < -0.4 is 4.74 Å². The smallest absolute Gasteiger partial charge is 0.170 e. The van der Waals surface area contributed by atoms with Crippen molar-refractivity contribution in [2.45, 2.75) is 50.2 Å². The highest BCUT2D eigenvalue weighted by Crippen LogP contribution is 2.42. The number of hydrogen-bond acceptors (Lipinski definition) is 3. The van der Waals surface area contributed by atoms with Gasteiger partial charge in [0.25, 0.3) is 0 Å². The third-order valence-corrected chi connectivity index (χ3v) is 4.88. The van der Waals surface area contributed by atoms with Crippen LogP contribution >= 0.6 is 0 Å². The molecule has 0 aromatic heterocycles. The van der Waals surface area contributed by atoms with Crippen molar-refractivity contribution < 1.29 is 14.2 Å². The Morgan fingerprint density at radius 2 is 1.81 bits per heavy atom. The van der Waals surface area contributed by atoms with E-state index in [1.807, 2.05) is 14.1 Å². The van der Waals surface area contributed by atoms with Crippen LogP contribution in [0.25, 0.3) is 0 Å². The third-order valence-electron chi connectivity index (χ3n) is 4.88. The van der Waals surface area contributed by atoms with E-state index in [0.717, 1.165) is 25.7 Å². The first-order valence-corrected chi connectivity index (χ1v) is 7.71. The Labute approximate surface area is 126 Å². The van der Waals surface area contributed by atoms with Crippen molar-refractivity contribution in [2.24, 2.45) is 0 Å². The van der Waals surface area contributed by atoms with E-state index in [4.69, 9.17) is 4.74 Å². The van der Waals surface area contributed by atoms with E-state index >= 15 is 0 Å². The lowest BCUT2D eigenvalue weighted by atomic mass is 9.80. The molecule has 0 aliphatic heterocycles. The number of aliphatic hydroxyl groups excluding tert-OH is 1. The van der Waals surface area contributed by atoms with Gasteiger partial charge in [0.2, 0.25) is 0 Å². The zero-order chi connectivity index (χ0) is 15.5. The topological polar surface area (TPSA) is 32.7 Å². The van der Waals surface area contributed by atoms with Gasteiger partial charge in [0.05, 0.1) is 12.6 Å². The van der Waals surface area contributed by atoms with Gasteiger partial charge < -0.3 is 14.7 Å². The van der Waals surface area contributed by atoms with Crippen LogP contribution in [0, 0.1) is 5.82 Å². The Bertz CT molecular complexity index is 468. The van der Waals surface area contributed by atoms with Gasteiger partial charge in [-0.2, -0.15) is 0 Å². The number of aliphatic hydroxyl groups is 1. The van der Waals surface area contributed by atoms with Gasteiger partial charge in [0.15, 0.2) is 11.6 Å². The number of methoxy groups -OCH3 is 1. The second-order valence-corrected chi connectivity index (χ2v) is 6.18. The zero-order valence-corrected chi connectivity index (χ0v) is 13.2. The summed E-state index contributed by atoms with van der Waals surface area (Å²) in [6, 6.07) is 4.99. The highest BCUT2D eigenvalue weighted by molar-refractivity contribution is 5.34. The van der Waals surface area contributed by atoms with Gasteiger partial charge in [-0.05, 0) is 33.0 Å². The Kier molecular flexibility index (Phi) is 5.22. The molecule has 1 N–H and O–H groups in total. The second-order valence-electron chi connectivity index (χ2n) is 6.18. The van der Waals surface area contributed by atoms with Crippen LogP contribution in [0.5, 0.6) is 5.75 Å². The molecule has 3 nitrogen and oxygen atoms in total. The summed E-state index contributed by atoms with van der Waals surface area (Å²) in [5, 5.41) is 11.0. The number of benzene rings is 1. The SMILES string of the molecule is COc1cccc(C(O)C2(N(C)C)CCCCCC2)c1F. The summed E-state index contributed by atoms with van der Waals surface area (Å²) in [4.78, 5) is 2.07. The molecular formula is C17H26FNO2. The van der Waals surface area contributed by atoms with E-state index in [-0.39, 0.29) is 5.75 Å². The standard InChI is InChI=1S/C17H26FNO2/c1-19(2)17(11-6-4-5-7-12-17)16(20)13-9-8-10-14(21-3)15(13)18/h8-10,16,20H,4-7,11-12H2,1-3H3. The third kappa shape index (κ3) is 3.06. The van der Waals surface area contributed by atoms with Crippen LogP contribution in [0.1, 0.15) is 50.2 Å². The molecule has 1 saturated carbocycles. The summed E-state index contributed by atoms with van der Waals surface area (Å²) < 4.78 is 19.6. The molecule has 0 heterocycles. The molecular weight excluding hydrogens is 269 g/mol. The second kappa shape index (κ2) is 6.75. The molecule has 1 fully saturated rings. The first kappa shape index (κ1) is 16.2. The quantitative estimate of drug-likeness (QED) is 0.863. The highest BCUT2D eigenvalue weighted by atomic mass is 19.1. The van der Waals surface area contributed by atoms with E-state index in [2.05, 4.69) is 4.90 Å². The molecule has 1 aliphatic rings. The molecule has 1 aromatic rings. The van der Waals surface area contributed by atoms with Crippen LogP contribution in [-0.2, 0) is 0 Å². The summed E-state index contributed by atoms with van der Waals surface area (Å²) in [6.07, 6.45) is 5.43. The fourth-order valence-corrected chi connectivity index (χ4v) is 3.49. The van der Waals surface area contributed by atoms with E-state index in [0.29, 0.717) is 5.56 Å². The number of hydrogen-bond donors (Lipinski definition) is 1. The molecule has 1 aromatic carbocycles. The Morgan fingerprint density at radius 1 is 1.19 bits per heavy atom. The monoisotopic (exact) mass is 295 g/mol. The van der Waals surface area contributed by atoms with Crippen molar-refractivity contribution in [3.8, 4) is 5.75 Å². The maximum atomic E-state index is 14.5. The summed E-state index contributed by atoms with van der Waals surface area (Å²) >= 11 is 0. The molecule has 0 spiro atoms. The molecule has 0 amide bonds. The molecule has 1 unspecified atom stereocenters. The van der Waals surface area contributed by atoms with Gasteiger partial charge >= 0.3 is 0 Å². The molecule has 0 radical (unpaired) electrons. The highest BCUT2D eigenvalue weighted by Gasteiger charge is 2.42. The Morgan fingerprint density at radius 3 is 2.33 bits per heavy atom. The van der Waals surface area contributed by atoms with Crippen molar-refractivity contribution >= 4 is 0 Å². The number of ether oxygens (including phenoxy) is 1. The number of likely N-dealkylation sites (N-methyl/N-ethyl adjacent to an activating group) is 1. The molecule has 2 rings (SSSR count). The predicted molar refractivity (Wildman–Crippen MR) is 82.0 cm³/mol. The lowest BCUT2D eigenvalue weighted by Crippen LogP contribution is -2.49. The molecule has 118 valence electrons. The largest absolute Gasteiger partial charge is 0.494 e. The number of nitrogens with zero attached hydrogens (tertiary/aromatic N) is 1. The summed E-state index contributed by atoms with van der Waals surface area (Å²) in [5.41, 5.74) is -0.0612. The van der Waals surface area contributed by atoms with E-state index in [1.165, 1.54) is 20.0 Å². The molecule has 0 bridgehead atoms. The summed E-state index contributed by atoms with van der Waals surface area (Å²) in [6.45, 7) is 0. The average Bonchev–Trinajstić information content (AvgIpc) is 2.73. The molecule has 4 heteroatoms. The van der Waals surface area contributed by atoms with E-state index in [1.54, 1.807) is 18.2 Å².